The molecule has 0 saturated heterocycles. The minimum Gasteiger partial charge on any atom is -0.383 e. The van der Waals surface area contributed by atoms with E-state index in [-0.39, 0.29) is 18.3 Å². The third-order valence-electron chi connectivity index (χ3n) is 1.91. The van der Waals surface area contributed by atoms with Gasteiger partial charge in [-0.25, -0.2) is 4.39 Å². The molecule has 88 valence electrons. The van der Waals surface area contributed by atoms with Crippen LogP contribution in [0.15, 0.2) is 24.3 Å². The summed E-state index contributed by atoms with van der Waals surface area (Å²) < 4.78 is 17.6. The van der Waals surface area contributed by atoms with Crippen molar-refractivity contribution in [3.05, 3.63) is 30.1 Å². The Hall–Kier alpha value is -1.62. The smallest absolute Gasteiger partial charge is 0.239 e. The molecule has 0 atom stereocenters. The fourth-order valence-electron chi connectivity index (χ4n) is 1.14. The quantitative estimate of drug-likeness (QED) is 0.711. The summed E-state index contributed by atoms with van der Waals surface area (Å²) in [5, 5.41) is 5.47. The van der Waals surface area contributed by atoms with Gasteiger partial charge in [-0.05, 0) is 18.2 Å². The minimum atomic E-state index is -0.329. The normalized spacial score (nSPS) is 9.88. The molecule has 1 aromatic carbocycles. The SMILES string of the molecule is COCCNC(=O)CNc1cccc(F)c1. The fourth-order valence-corrected chi connectivity index (χ4v) is 1.14. The zero-order valence-electron chi connectivity index (χ0n) is 9.13. The molecule has 1 aromatic rings. The van der Waals surface area contributed by atoms with Crippen LogP contribution in [-0.2, 0) is 9.53 Å². The van der Waals surface area contributed by atoms with Gasteiger partial charge in [0.05, 0.1) is 13.2 Å². The number of methoxy groups -OCH3 is 1. The van der Waals surface area contributed by atoms with E-state index in [0.717, 1.165) is 0 Å². The van der Waals surface area contributed by atoms with Crippen molar-refractivity contribution in [3.63, 3.8) is 0 Å². The van der Waals surface area contributed by atoms with Gasteiger partial charge in [0.1, 0.15) is 5.82 Å². The van der Waals surface area contributed by atoms with Gasteiger partial charge in [-0.15, -0.1) is 0 Å². The summed E-state index contributed by atoms with van der Waals surface area (Å²) in [5.41, 5.74) is 0.585. The molecule has 0 aliphatic rings. The topological polar surface area (TPSA) is 50.4 Å². The standard InChI is InChI=1S/C11H15FN2O2/c1-16-6-5-13-11(15)8-14-10-4-2-3-9(12)7-10/h2-4,7,14H,5-6,8H2,1H3,(H,13,15). The summed E-state index contributed by atoms with van der Waals surface area (Å²) in [7, 11) is 1.57. The van der Waals surface area contributed by atoms with Crippen LogP contribution < -0.4 is 10.6 Å². The third-order valence-corrected chi connectivity index (χ3v) is 1.91. The second-order valence-corrected chi connectivity index (χ2v) is 3.21. The van der Waals surface area contributed by atoms with Gasteiger partial charge in [0.2, 0.25) is 5.91 Å². The number of halogens is 1. The summed E-state index contributed by atoms with van der Waals surface area (Å²) in [4.78, 5) is 11.3. The van der Waals surface area contributed by atoms with E-state index in [1.54, 1.807) is 19.2 Å². The molecule has 0 bridgehead atoms. The first-order chi connectivity index (χ1) is 7.72. The highest BCUT2D eigenvalue weighted by molar-refractivity contribution is 5.80. The number of carbonyl (C=O) groups is 1. The number of ether oxygens (including phenoxy) is 1. The molecule has 0 fully saturated rings. The molecular formula is C11H15FN2O2. The lowest BCUT2D eigenvalue weighted by Crippen LogP contribution is -2.32. The molecular weight excluding hydrogens is 211 g/mol. The van der Waals surface area contributed by atoms with Crippen LogP contribution in [0.1, 0.15) is 0 Å². The molecule has 2 N–H and O–H groups in total. The number of hydrogen-bond donors (Lipinski definition) is 2. The summed E-state index contributed by atoms with van der Waals surface area (Å²) in [6.07, 6.45) is 0. The Labute approximate surface area is 93.8 Å². The Balaban J connectivity index is 2.26. The van der Waals surface area contributed by atoms with Crippen LogP contribution in [0.2, 0.25) is 0 Å². The van der Waals surface area contributed by atoms with E-state index >= 15 is 0 Å². The van der Waals surface area contributed by atoms with Gasteiger partial charge in [-0.1, -0.05) is 6.07 Å². The van der Waals surface area contributed by atoms with Crippen molar-refractivity contribution in [1.29, 1.82) is 0 Å². The summed E-state index contributed by atoms with van der Waals surface area (Å²) in [6, 6.07) is 5.97. The fraction of sp³-hybridized carbons (Fsp3) is 0.364. The maximum Gasteiger partial charge on any atom is 0.239 e. The number of carbonyl (C=O) groups excluding carboxylic acids is 1. The van der Waals surface area contributed by atoms with Crippen LogP contribution in [-0.4, -0.2) is 32.7 Å². The maximum atomic E-state index is 12.8. The van der Waals surface area contributed by atoms with E-state index in [1.807, 2.05) is 0 Å². The van der Waals surface area contributed by atoms with Crippen LogP contribution in [0.5, 0.6) is 0 Å². The monoisotopic (exact) mass is 226 g/mol. The van der Waals surface area contributed by atoms with Crippen LogP contribution in [0.3, 0.4) is 0 Å². The summed E-state index contributed by atoms with van der Waals surface area (Å²) >= 11 is 0. The second kappa shape index (κ2) is 6.79. The molecule has 1 rings (SSSR count). The van der Waals surface area contributed by atoms with E-state index in [9.17, 15) is 9.18 Å². The predicted octanol–water partition coefficient (Wildman–Crippen LogP) is 1.00. The Morgan fingerprint density at radius 2 is 2.31 bits per heavy atom. The number of amides is 1. The average Bonchev–Trinajstić information content (AvgIpc) is 2.27. The van der Waals surface area contributed by atoms with Gasteiger partial charge in [0, 0.05) is 19.3 Å². The van der Waals surface area contributed by atoms with E-state index < -0.39 is 0 Å². The first kappa shape index (κ1) is 12.4. The largest absolute Gasteiger partial charge is 0.383 e. The first-order valence-corrected chi connectivity index (χ1v) is 4.97. The van der Waals surface area contributed by atoms with E-state index in [0.29, 0.717) is 18.8 Å². The number of nitrogens with one attached hydrogen (secondary N) is 2. The van der Waals surface area contributed by atoms with Crippen molar-refractivity contribution in [3.8, 4) is 0 Å². The maximum absolute atomic E-state index is 12.8. The molecule has 0 spiro atoms. The van der Waals surface area contributed by atoms with Crippen molar-refractivity contribution >= 4 is 11.6 Å². The zero-order chi connectivity index (χ0) is 11.8. The lowest BCUT2D eigenvalue weighted by molar-refractivity contribution is -0.119. The second-order valence-electron chi connectivity index (χ2n) is 3.21. The van der Waals surface area contributed by atoms with Crippen LogP contribution in [0.25, 0.3) is 0 Å². The highest BCUT2D eigenvalue weighted by Gasteiger charge is 2.00. The van der Waals surface area contributed by atoms with Crippen LogP contribution in [0.4, 0.5) is 10.1 Å². The first-order valence-electron chi connectivity index (χ1n) is 4.97. The highest BCUT2D eigenvalue weighted by atomic mass is 19.1. The number of benzene rings is 1. The molecule has 0 aliphatic carbocycles. The molecule has 0 aromatic heterocycles. The van der Waals surface area contributed by atoms with Gasteiger partial charge in [-0.3, -0.25) is 4.79 Å². The number of rotatable bonds is 6. The molecule has 0 aliphatic heterocycles. The third kappa shape index (κ3) is 4.75. The lowest BCUT2D eigenvalue weighted by atomic mass is 10.3. The van der Waals surface area contributed by atoms with E-state index in [1.165, 1.54) is 12.1 Å². The van der Waals surface area contributed by atoms with Crippen LogP contribution in [0, 0.1) is 5.82 Å². The van der Waals surface area contributed by atoms with Gasteiger partial charge >= 0.3 is 0 Å². The van der Waals surface area contributed by atoms with Crippen molar-refractivity contribution < 1.29 is 13.9 Å². The van der Waals surface area contributed by atoms with Crippen molar-refractivity contribution in [2.24, 2.45) is 0 Å². The summed E-state index contributed by atoms with van der Waals surface area (Å²) in [6.45, 7) is 1.07. The Morgan fingerprint density at radius 3 is 3.00 bits per heavy atom. The molecule has 4 nitrogen and oxygen atoms in total. The highest BCUT2D eigenvalue weighted by Crippen LogP contribution is 2.07. The molecule has 0 unspecified atom stereocenters. The lowest BCUT2D eigenvalue weighted by Gasteiger charge is -2.07. The average molecular weight is 226 g/mol. The molecule has 0 heterocycles. The Kier molecular flexibility index (Phi) is 5.28. The van der Waals surface area contributed by atoms with Crippen molar-refractivity contribution in [2.75, 3.05) is 32.1 Å². The van der Waals surface area contributed by atoms with Gasteiger partial charge in [0.15, 0.2) is 0 Å². The Bertz CT molecular complexity index is 345. The Morgan fingerprint density at radius 1 is 1.50 bits per heavy atom. The van der Waals surface area contributed by atoms with Gasteiger partial charge in [0.25, 0.3) is 0 Å². The predicted molar refractivity (Wildman–Crippen MR) is 59.8 cm³/mol. The molecule has 5 heteroatoms. The zero-order valence-corrected chi connectivity index (χ0v) is 9.13. The van der Waals surface area contributed by atoms with Crippen LogP contribution >= 0.6 is 0 Å². The minimum absolute atomic E-state index is 0.118. The van der Waals surface area contributed by atoms with E-state index in [4.69, 9.17) is 4.74 Å². The van der Waals surface area contributed by atoms with E-state index in [2.05, 4.69) is 10.6 Å². The van der Waals surface area contributed by atoms with Gasteiger partial charge in [-0.2, -0.15) is 0 Å². The van der Waals surface area contributed by atoms with Crippen molar-refractivity contribution in [1.82, 2.24) is 5.32 Å². The molecule has 16 heavy (non-hydrogen) atoms. The number of hydrogen-bond acceptors (Lipinski definition) is 3. The molecule has 0 radical (unpaired) electrons. The molecule has 0 saturated carbocycles. The number of anilines is 1. The molecule has 1 amide bonds. The van der Waals surface area contributed by atoms with Crippen molar-refractivity contribution in [2.45, 2.75) is 0 Å². The van der Waals surface area contributed by atoms with Gasteiger partial charge < -0.3 is 15.4 Å². The summed E-state index contributed by atoms with van der Waals surface area (Å²) in [5.74, 6) is -0.480.